The fraction of sp³-hybridized carbons (Fsp3) is 0.667. The molecule has 6 heteroatoms. The van der Waals surface area contributed by atoms with Crippen molar-refractivity contribution in [2.45, 2.75) is 38.1 Å². The molecule has 2 amide bonds. The number of anilines is 2. The first-order valence-electron chi connectivity index (χ1n) is 10.5. The van der Waals surface area contributed by atoms with Crippen molar-refractivity contribution in [2.75, 3.05) is 62.7 Å². The van der Waals surface area contributed by atoms with E-state index in [0.717, 1.165) is 24.8 Å². The second-order valence-corrected chi connectivity index (χ2v) is 7.89. The van der Waals surface area contributed by atoms with Crippen molar-refractivity contribution in [1.82, 2.24) is 9.80 Å². The summed E-state index contributed by atoms with van der Waals surface area (Å²) in [6, 6.07) is 9.07. The molecule has 27 heavy (non-hydrogen) atoms. The van der Waals surface area contributed by atoms with E-state index in [4.69, 9.17) is 4.74 Å². The maximum atomic E-state index is 12.3. The molecule has 3 fully saturated rings. The van der Waals surface area contributed by atoms with E-state index in [9.17, 15) is 4.79 Å². The van der Waals surface area contributed by atoms with Crippen molar-refractivity contribution in [3.63, 3.8) is 0 Å². The van der Waals surface area contributed by atoms with Crippen LogP contribution in [0.25, 0.3) is 0 Å². The third-order valence-corrected chi connectivity index (χ3v) is 6.19. The number of nitrogens with one attached hydrogen (secondary N) is 1. The zero-order chi connectivity index (χ0) is 18.5. The summed E-state index contributed by atoms with van der Waals surface area (Å²) in [6.45, 7) is 7.09. The van der Waals surface area contributed by atoms with E-state index < -0.39 is 0 Å². The van der Waals surface area contributed by atoms with E-state index >= 15 is 0 Å². The van der Waals surface area contributed by atoms with Crippen molar-refractivity contribution in [1.29, 1.82) is 0 Å². The molecule has 0 atom stereocenters. The van der Waals surface area contributed by atoms with Crippen molar-refractivity contribution >= 4 is 17.4 Å². The lowest BCUT2D eigenvalue weighted by atomic mass is 9.94. The van der Waals surface area contributed by atoms with Crippen molar-refractivity contribution in [3.8, 4) is 0 Å². The maximum absolute atomic E-state index is 12.3. The molecule has 0 spiro atoms. The fourth-order valence-corrected chi connectivity index (χ4v) is 4.52. The van der Waals surface area contributed by atoms with E-state index in [2.05, 4.69) is 27.2 Å². The number of amides is 2. The second kappa shape index (κ2) is 8.93. The molecule has 1 aromatic carbocycles. The number of urea groups is 1. The molecule has 2 aliphatic heterocycles. The smallest absolute Gasteiger partial charge is 0.321 e. The average Bonchev–Trinajstić information content (AvgIpc) is 2.76. The topological polar surface area (TPSA) is 48.1 Å². The van der Waals surface area contributed by atoms with Gasteiger partial charge in [0.25, 0.3) is 0 Å². The van der Waals surface area contributed by atoms with E-state index in [0.29, 0.717) is 26.3 Å². The van der Waals surface area contributed by atoms with Crippen LogP contribution in [0, 0.1) is 0 Å². The number of carbonyl (C=O) groups excluding carboxylic acids is 1. The highest BCUT2D eigenvalue weighted by atomic mass is 16.5. The number of hydrogen-bond acceptors (Lipinski definition) is 4. The van der Waals surface area contributed by atoms with E-state index in [1.807, 2.05) is 17.0 Å². The Morgan fingerprint density at radius 3 is 2.22 bits per heavy atom. The molecule has 148 valence electrons. The summed E-state index contributed by atoms with van der Waals surface area (Å²) in [6.07, 6.45) is 7.00. The quantitative estimate of drug-likeness (QED) is 0.886. The number of benzene rings is 1. The summed E-state index contributed by atoms with van der Waals surface area (Å²) in [5.41, 5.74) is 2.11. The first kappa shape index (κ1) is 18.6. The van der Waals surface area contributed by atoms with Crippen molar-refractivity contribution in [2.24, 2.45) is 0 Å². The van der Waals surface area contributed by atoms with Crippen molar-refractivity contribution < 1.29 is 9.53 Å². The van der Waals surface area contributed by atoms with Crippen LogP contribution in [-0.4, -0.2) is 74.4 Å². The van der Waals surface area contributed by atoms with Gasteiger partial charge in [-0.3, -0.25) is 4.90 Å². The number of rotatable bonds is 3. The number of ether oxygens (including phenoxy) is 1. The Kier molecular flexibility index (Phi) is 6.14. The maximum Gasteiger partial charge on any atom is 0.321 e. The third-order valence-electron chi connectivity index (χ3n) is 6.19. The van der Waals surface area contributed by atoms with E-state index in [1.165, 1.54) is 50.9 Å². The predicted molar refractivity (Wildman–Crippen MR) is 109 cm³/mol. The Hall–Kier alpha value is -1.79. The molecule has 2 heterocycles. The second-order valence-electron chi connectivity index (χ2n) is 7.89. The Morgan fingerprint density at radius 2 is 1.56 bits per heavy atom. The SMILES string of the molecule is O=C(Nc1ccc(N2CCN(C3CCCCC3)CC2)cc1)N1CCOCC1. The number of carbonyl (C=O) groups is 1. The van der Waals surface area contributed by atoms with Crippen LogP contribution in [0.4, 0.5) is 16.2 Å². The van der Waals surface area contributed by atoms with Crippen molar-refractivity contribution in [3.05, 3.63) is 24.3 Å². The van der Waals surface area contributed by atoms with Crippen LogP contribution in [0.2, 0.25) is 0 Å². The van der Waals surface area contributed by atoms with Gasteiger partial charge >= 0.3 is 6.03 Å². The summed E-state index contributed by atoms with van der Waals surface area (Å²) in [5, 5.41) is 3.00. The van der Waals surface area contributed by atoms with Gasteiger partial charge in [-0.25, -0.2) is 4.79 Å². The Labute approximate surface area is 162 Å². The van der Waals surface area contributed by atoms with Crippen LogP contribution in [-0.2, 0) is 4.74 Å². The molecule has 0 radical (unpaired) electrons. The van der Waals surface area contributed by atoms with Crippen LogP contribution in [0.5, 0.6) is 0 Å². The molecule has 3 aliphatic rings. The summed E-state index contributed by atoms with van der Waals surface area (Å²) in [4.78, 5) is 19.3. The number of hydrogen-bond donors (Lipinski definition) is 1. The normalized spacial score (nSPS) is 22.7. The molecule has 1 saturated carbocycles. The third kappa shape index (κ3) is 4.74. The lowest BCUT2D eigenvalue weighted by molar-refractivity contribution is 0.0564. The van der Waals surface area contributed by atoms with Gasteiger partial charge in [-0.05, 0) is 37.1 Å². The molecule has 2 saturated heterocycles. The molecule has 0 bridgehead atoms. The Balaban J connectivity index is 1.27. The molecule has 6 nitrogen and oxygen atoms in total. The molecule has 0 aromatic heterocycles. The predicted octanol–water partition coefficient (Wildman–Crippen LogP) is 3.01. The fourth-order valence-electron chi connectivity index (χ4n) is 4.52. The van der Waals surface area contributed by atoms with Crippen LogP contribution in [0.1, 0.15) is 32.1 Å². The number of piperazine rings is 1. The number of morpholine rings is 1. The van der Waals surface area contributed by atoms with Gasteiger partial charge < -0.3 is 19.9 Å². The minimum atomic E-state index is -0.0350. The number of nitrogens with zero attached hydrogens (tertiary/aromatic N) is 3. The summed E-state index contributed by atoms with van der Waals surface area (Å²) >= 11 is 0. The van der Waals surface area contributed by atoms with Crippen LogP contribution >= 0.6 is 0 Å². The monoisotopic (exact) mass is 372 g/mol. The van der Waals surface area contributed by atoms with Gasteiger partial charge in [0.2, 0.25) is 0 Å². The highest BCUT2D eigenvalue weighted by Crippen LogP contribution is 2.25. The minimum Gasteiger partial charge on any atom is -0.378 e. The van der Waals surface area contributed by atoms with E-state index in [-0.39, 0.29) is 6.03 Å². The molecular weight excluding hydrogens is 340 g/mol. The van der Waals surface area contributed by atoms with Crippen LogP contribution in [0.15, 0.2) is 24.3 Å². The van der Waals surface area contributed by atoms with Crippen LogP contribution < -0.4 is 10.2 Å². The summed E-state index contributed by atoms with van der Waals surface area (Å²) in [7, 11) is 0. The molecule has 1 aromatic rings. The largest absolute Gasteiger partial charge is 0.378 e. The zero-order valence-corrected chi connectivity index (χ0v) is 16.2. The lowest BCUT2D eigenvalue weighted by Crippen LogP contribution is -2.50. The van der Waals surface area contributed by atoms with Gasteiger partial charge in [-0.2, -0.15) is 0 Å². The average molecular weight is 373 g/mol. The van der Waals surface area contributed by atoms with Gasteiger partial charge in [0.15, 0.2) is 0 Å². The molecule has 1 N–H and O–H groups in total. The molecular formula is C21H32N4O2. The molecule has 4 rings (SSSR count). The van der Waals surface area contributed by atoms with Gasteiger partial charge in [0.05, 0.1) is 13.2 Å². The first-order chi connectivity index (χ1) is 13.3. The van der Waals surface area contributed by atoms with Gasteiger partial charge in [-0.1, -0.05) is 19.3 Å². The Morgan fingerprint density at radius 1 is 0.889 bits per heavy atom. The standard InChI is InChI=1S/C21H32N4O2/c26-21(25-14-16-27-17-15-25)22-18-6-8-20(9-7-18)24-12-10-23(11-13-24)19-4-2-1-3-5-19/h6-9,19H,1-5,10-17H2,(H,22,26). The summed E-state index contributed by atoms with van der Waals surface area (Å²) < 4.78 is 5.30. The molecule has 0 unspecified atom stereocenters. The van der Waals surface area contributed by atoms with Gasteiger partial charge in [0.1, 0.15) is 0 Å². The van der Waals surface area contributed by atoms with E-state index in [1.54, 1.807) is 0 Å². The van der Waals surface area contributed by atoms with Crippen LogP contribution in [0.3, 0.4) is 0 Å². The zero-order valence-electron chi connectivity index (χ0n) is 16.2. The van der Waals surface area contributed by atoms with Gasteiger partial charge in [-0.15, -0.1) is 0 Å². The first-order valence-corrected chi connectivity index (χ1v) is 10.5. The highest BCUT2D eigenvalue weighted by molar-refractivity contribution is 5.89. The lowest BCUT2D eigenvalue weighted by Gasteiger charge is -2.41. The Bertz CT molecular complexity index is 601. The van der Waals surface area contributed by atoms with Gasteiger partial charge in [0, 0.05) is 56.7 Å². The summed E-state index contributed by atoms with van der Waals surface area (Å²) in [5.74, 6) is 0. The highest BCUT2D eigenvalue weighted by Gasteiger charge is 2.25. The minimum absolute atomic E-state index is 0.0350. The molecule has 1 aliphatic carbocycles.